The lowest BCUT2D eigenvalue weighted by Gasteiger charge is -2.09. The van der Waals surface area contributed by atoms with E-state index in [2.05, 4.69) is 5.10 Å². The van der Waals surface area contributed by atoms with Crippen LogP contribution in [0, 0.1) is 0 Å². The number of carbonyl (C=O) groups excluding carboxylic acids is 2. The molecule has 3 aromatic rings. The molecule has 3 rings (SSSR count). The molecule has 1 N–H and O–H groups in total. The molecule has 1 amide bonds. The first kappa shape index (κ1) is 19.5. The topological polar surface area (TPSA) is 58.5 Å². The van der Waals surface area contributed by atoms with Crippen LogP contribution in [0.4, 0.5) is 13.2 Å². The molecule has 4 nitrogen and oxygen atoms in total. The Morgan fingerprint density at radius 1 is 1.15 bits per heavy atom. The number of hydrogen-bond donors (Lipinski definition) is 1. The summed E-state index contributed by atoms with van der Waals surface area (Å²) < 4.78 is 40.2. The maximum atomic E-state index is 13.2. The van der Waals surface area contributed by atoms with Crippen LogP contribution in [0.3, 0.4) is 0 Å². The molecule has 0 spiro atoms. The van der Waals surface area contributed by atoms with Crippen molar-refractivity contribution in [2.45, 2.75) is 12.6 Å². The van der Waals surface area contributed by atoms with Crippen molar-refractivity contribution in [2.75, 3.05) is 0 Å². The van der Waals surface area contributed by atoms with Gasteiger partial charge in [-0.3, -0.25) is 9.59 Å². The number of ketones is 1. The molecule has 0 aliphatic rings. The highest BCUT2D eigenvalue weighted by molar-refractivity contribution is 7.21. The summed E-state index contributed by atoms with van der Waals surface area (Å²) in [5.74, 6) is -1.60. The normalized spacial score (nSPS) is 12.4. The average molecular weight is 431 g/mol. The van der Waals surface area contributed by atoms with Crippen LogP contribution in [0.25, 0.3) is 10.1 Å². The first-order valence-corrected chi connectivity index (χ1v) is 9.52. The van der Waals surface area contributed by atoms with Gasteiger partial charge in [-0.05, 0) is 17.5 Å². The number of hydrogen-bond acceptors (Lipinski definition) is 5. The lowest BCUT2D eigenvalue weighted by Crippen LogP contribution is -2.30. The van der Waals surface area contributed by atoms with Gasteiger partial charge in [0.05, 0.1) is 16.3 Å². The monoisotopic (exact) mass is 430 g/mol. The number of Topliss-reactive ketones (excluding diaryl/α,β-unsaturated/α-hetero) is 1. The minimum Gasteiger partial charge on any atom is -0.293 e. The zero-order valence-corrected chi connectivity index (χ0v) is 15.7. The minimum atomic E-state index is -4.86. The lowest BCUT2D eigenvalue weighted by atomic mass is 10.1. The molecule has 0 fully saturated rings. The van der Waals surface area contributed by atoms with Crippen LogP contribution in [0.15, 0.2) is 46.9 Å². The summed E-state index contributed by atoms with van der Waals surface area (Å²) in [6, 6.07) is 9.93. The molecule has 0 aliphatic carbocycles. The Morgan fingerprint density at radius 3 is 2.52 bits per heavy atom. The predicted octanol–water partition coefficient (Wildman–Crippen LogP) is 5.54. The molecule has 27 heavy (non-hydrogen) atoms. The Balaban J connectivity index is 1.82. The van der Waals surface area contributed by atoms with Gasteiger partial charge in [0, 0.05) is 10.1 Å². The van der Waals surface area contributed by atoms with Gasteiger partial charge in [-0.15, -0.1) is 22.7 Å². The fourth-order valence-corrected chi connectivity index (χ4v) is 4.28. The highest BCUT2D eigenvalue weighted by atomic mass is 35.5. The molecular formula is C17H10ClF3N2O2S2. The predicted molar refractivity (Wildman–Crippen MR) is 101 cm³/mol. The summed E-state index contributed by atoms with van der Waals surface area (Å²) in [6.07, 6.45) is -5.82. The van der Waals surface area contributed by atoms with Crippen LogP contribution in [-0.2, 0) is 0 Å². The molecule has 0 unspecified atom stereocenters. The Kier molecular flexibility index (Phi) is 5.64. The summed E-state index contributed by atoms with van der Waals surface area (Å²) in [5, 5.41) is 5.51. The molecule has 10 heteroatoms. The van der Waals surface area contributed by atoms with Gasteiger partial charge in [0.1, 0.15) is 10.6 Å². The highest BCUT2D eigenvalue weighted by Crippen LogP contribution is 2.35. The van der Waals surface area contributed by atoms with Crippen molar-refractivity contribution in [3.05, 3.63) is 56.6 Å². The van der Waals surface area contributed by atoms with E-state index in [1.807, 2.05) is 5.43 Å². The maximum absolute atomic E-state index is 13.2. The van der Waals surface area contributed by atoms with E-state index in [0.717, 1.165) is 27.4 Å². The van der Waals surface area contributed by atoms with Gasteiger partial charge < -0.3 is 0 Å². The van der Waals surface area contributed by atoms with Crippen molar-refractivity contribution in [3.8, 4) is 0 Å². The Morgan fingerprint density at radius 2 is 1.89 bits per heavy atom. The molecule has 0 saturated heterocycles. The van der Waals surface area contributed by atoms with Gasteiger partial charge in [-0.2, -0.15) is 18.3 Å². The minimum absolute atomic E-state index is 0.0488. The lowest BCUT2D eigenvalue weighted by molar-refractivity contribution is -0.0605. The second kappa shape index (κ2) is 7.79. The fraction of sp³-hybridized carbons (Fsp3) is 0.118. The van der Waals surface area contributed by atoms with Crippen molar-refractivity contribution >= 4 is 61.8 Å². The second-order valence-electron chi connectivity index (χ2n) is 5.32. The average Bonchev–Trinajstić information content (AvgIpc) is 3.26. The van der Waals surface area contributed by atoms with E-state index in [1.165, 1.54) is 6.07 Å². The van der Waals surface area contributed by atoms with E-state index in [1.54, 1.807) is 35.7 Å². The second-order valence-corrected chi connectivity index (χ2v) is 7.69. The molecular weight excluding hydrogens is 421 g/mol. The quantitative estimate of drug-likeness (QED) is 0.328. The van der Waals surface area contributed by atoms with Crippen LogP contribution >= 0.6 is 34.3 Å². The highest BCUT2D eigenvalue weighted by Gasteiger charge is 2.37. The van der Waals surface area contributed by atoms with E-state index in [4.69, 9.17) is 11.6 Å². The smallest absolute Gasteiger partial charge is 0.293 e. The van der Waals surface area contributed by atoms with Gasteiger partial charge in [0.2, 0.25) is 0 Å². The van der Waals surface area contributed by atoms with Gasteiger partial charge in [-0.1, -0.05) is 35.9 Å². The summed E-state index contributed by atoms with van der Waals surface area (Å²) in [7, 11) is 0. The number of rotatable bonds is 5. The van der Waals surface area contributed by atoms with Crippen LogP contribution in [0.5, 0.6) is 0 Å². The number of benzene rings is 1. The Bertz CT molecular complexity index is 1030. The molecule has 0 bridgehead atoms. The summed E-state index contributed by atoms with van der Waals surface area (Å²) in [4.78, 5) is 24.4. The van der Waals surface area contributed by atoms with Crippen LogP contribution < -0.4 is 5.43 Å². The third kappa shape index (κ3) is 4.37. The SMILES string of the molecule is O=C(C/C(=N\NC(=O)c1sc2ccccc2c1Cl)C(F)(F)F)c1cccs1. The zero-order valence-electron chi connectivity index (χ0n) is 13.3. The van der Waals surface area contributed by atoms with Crippen molar-refractivity contribution in [2.24, 2.45) is 5.10 Å². The van der Waals surface area contributed by atoms with E-state index in [0.29, 0.717) is 5.39 Å². The molecule has 0 aliphatic heterocycles. The molecule has 140 valence electrons. The van der Waals surface area contributed by atoms with Gasteiger partial charge in [0.15, 0.2) is 5.78 Å². The number of thiophene rings is 2. The number of nitrogens with one attached hydrogen (secondary N) is 1. The zero-order chi connectivity index (χ0) is 19.6. The van der Waals surface area contributed by atoms with E-state index < -0.39 is 30.0 Å². The molecule has 2 heterocycles. The number of alkyl halides is 3. The number of nitrogens with zero attached hydrogens (tertiary/aromatic N) is 1. The van der Waals surface area contributed by atoms with Gasteiger partial charge >= 0.3 is 6.18 Å². The molecule has 1 aromatic carbocycles. The van der Waals surface area contributed by atoms with Crippen LogP contribution in [-0.4, -0.2) is 23.6 Å². The number of fused-ring (bicyclic) bond motifs is 1. The summed E-state index contributed by atoms with van der Waals surface area (Å²) in [6.45, 7) is 0. The molecule has 2 aromatic heterocycles. The maximum Gasteiger partial charge on any atom is 0.431 e. The van der Waals surface area contributed by atoms with Crippen molar-refractivity contribution in [3.63, 3.8) is 0 Å². The Labute approximate surface area is 164 Å². The van der Waals surface area contributed by atoms with Crippen molar-refractivity contribution in [1.29, 1.82) is 0 Å². The van der Waals surface area contributed by atoms with Gasteiger partial charge in [0.25, 0.3) is 5.91 Å². The fourth-order valence-electron chi connectivity index (χ4n) is 2.21. The van der Waals surface area contributed by atoms with E-state index in [9.17, 15) is 22.8 Å². The first-order chi connectivity index (χ1) is 12.8. The largest absolute Gasteiger partial charge is 0.431 e. The number of carbonyl (C=O) groups is 2. The molecule has 0 saturated carbocycles. The Hall–Kier alpha value is -2.23. The number of halogens is 4. The van der Waals surface area contributed by atoms with Crippen LogP contribution in [0.1, 0.15) is 25.8 Å². The van der Waals surface area contributed by atoms with Crippen molar-refractivity contribution in [1.82, 2.24) is 5.43 Å². The first-order valence-electron chi connectivity index (χ1n) is 7.45. The third-order valence-corrected chi connectivity index (χ3v) is 6.07. The number of amides is 1. The molecule has 0 radical (unpaired) electrons. The standard InChI is InChI=1S/C17H10ClF3N2O2S2/c18-14-9-4-1-2-5-11(9)27-15(14)16(25)23-22-13(17(19,20)21)8-10(24)12-6-3-7-26-12/h1-7H,8H2,(H,23,25)/b22-13+. The number of hydrazone groups is 1. The van der Waals surface area contributed by atoms with Crippen LogP contribution in [0.2, 0.25) is 5.02 Å². The summed E-state index contributed by atoms with van der Waals surface area (Å²) >= 11 is 8.21. The van der Waals surface area contributed by atoms with Gasteiger partial charge in [-0.25, -0.2) is 5.43 Å². The summed E-state index contributed by atoms with van der Waals surface area (Å²) in [5.41, 5.74) is 0.481. The van der Waals surface area contributed by atoms with Crippen molar-refractivity contribution < 1.29 is 22.8 Å². The third-order valence-electron chi connectivity index (χ3n) is 3.48. The molecule has 0 atom stereocenters. The van der Waals surface area contributed by atoms with E-state index >= 15 is 0 Å². The van der Waals surface area contributed by atoms with E-state index in [-0.39, 0.29) is 14.8 Å².